The molecule has 0 amide bonds. The molecule has 0 aliphatic heterocycles. The average Bonchev–Trinajstić information content (AvgIpc) is 2.27. The van der Waals surface area contributed by atoms with E-state index < -0.39 is 0 Å². The lowest BCUT2D eigenvalue weighted by Gasteiger charge is -2.08. The first-order valence-electron chi connectivity index (χ1n) is 5.09. The minimum Gasteiger partial charge on any atom is -0.496 e. The van der Waals surface area contributed by atoms with Crippen LogP contribution in [0.15, 0.2) is 18.2 Å². The number of methoxy groups -OCH3 is 1. The lowest BCUT2D eigenvalue weighted by atomic mass is 10.1. The standard InChI is InChI=1S/C12H15ClO3/c1-3-16-8-11(14)7-9-6-10(13)4-5-12(9)15-2/h4-6H,3,7-8H2,1-2H3. The lowest BCUT2D eigenvalue weighted by Crippen LogP contribution is -2.12. The second-order valence-electron chi connectivity index (χ2n) is 3.31. The summed E-state index contributed by atoms with van der Waals surface area (Å²) in [6, 6.07) is 5.23. The number of carbonyl (C=O) groups is 1. The van der Waals surface area contributed by atoms with Gasteiger partial charge in [0.25, 0.3) is 0 Å². The molecule has 3 nitrogen and oxygen atoms in total. The van der Waals surface area contributed by atoms with E-state index >= 15 is 0 Å². The third-order valence-corrected chi connectivity index (χ3v) is 2.33. The van der Waals surface area contributed by atoms with Crippen LogP contribution < -0.4 is 4.74 Å². The van der Waals surface area contributed by atoms with Crippen LogP contribution in [-0.2, 0) is 16.0 Å². The van der Waals surface area contributed by atoms with Crippen LogP contribution in [0, 0.1) is 0 Å². The van der Waals surface area contributed by atoms with Crippen LogP contribution in [-0.4, -0.2) is 26.1 Å². The molecule has 0 unspecified atom stereocenters. The monoisotopic (exact) mass is 242 g/mol. The Kier molecular flexibility index (Phi) is 5.29. The smallest absolute Gasteiger partial charge is 0.162 e. The molecule has 0 saturated heterocycles. The van der Waals surface area contributed by atoms with E-state index in [2.05, 4.69) is 0 Å². The van der Waals surface area contributed by atoms with Crippen LogP contribution >= 0.6 is 11.6 Å². The van der Waals surface area contributed by atoms with Gasteiger partial charge < -0.3 is 9.47 Å². The summed E-state index contributed by atoms with van der Waals surface area (Å²) in [5.41, 5.74) is 0.791. The molecule has 0 saturated carbocycles. The van der Waals surface area contributed by atoms with Gasteiger partial charge in [0.2, 0.25) is 0 Å². The molecule has 0 aliphatic carbocycles. The number of hydrogen-bond donors (Lipinski definition) is 0. The van der Waals surface area contributed by atoms with Crippen LogP contribution in [0.2, 0.25) is 5.02 Å². The molecule has 0 aromatic heterocycles. The molecule has 0 fully saturated rings. The van der Waals surface area contributed by atoms with E-state index in [0.29, 0.717) is 17.4 Å². The highest BCUT2D eigenvalue weighted by molar-refractivity contribution is 6.30. The number of hydrogen-bond acceptors (Lipinski definition) is 3. The van der Waals surface area contributed by atoms with E-state index in [-0.39, 0.29) is 18.8 Å². The van der Waals surface area contributed by atoms with Gasteiger partial charge in [0.15, 0.2) is 5.78 Å². The van der Waals surface area contributed by atoms with Crippen molar-refractivity contribution < 1.29 is 14.3 Å². The SMILES string of the molecule is CCOCC(=O)Cc1cc(Cl)ccc1OC. The maximum Gasteiger partial charge on any atom is 0.162 e. The fraction of sp³-hybridized carbons (Fsp3) is 0.417. The molecule has 0 atom stereocenters. The predicted molar refractivity (Wildman–Crippen MR) is 63.2 cm³/mol. The lowest BCUT2D eigenvalue weighted by molar-refractivity contribution is -0.122. The van der Waals surface area contributed by atoms with Crippen molar-refractivity contribution in [3.63, 3.8) is 0 Å². The largest absolute Gasteiger partial charge is 0.496 e. The number of halogens is 1. The van der Waals surface area contributed by atoms with Crippen molar-refractivity contribution in [2.75, 3.05) is 20.3 Å². The third kappa shape index (κ3) is 3.83. The molecule has 1 aromatic rings. The number of Topliss-reactive ketones (excluding diaryl/α,β-unsaturated/α-hetero) is 1. The molecule has 0 N–H and O–H groups in total. The zero-order valence-electron chi connectivity index (χ0n) is 9.46. The number of carbonyl (C=O) groups excluding carboxylic acids is 1. The quantitative estimate of drug-likeness (QED) is 0.769. The molecule has 0 bridgehead atoms. The Morgan fingerprint density at radius 1 is 1.44 bits per heavy atom. The summed E-state index contributed by atoms with van der Waals surface area (Å²) in [4.78, 5) is 11.5. The zero-order valence-corrected chi connectivity index (χ0v) is 10.2. The minimum absolute atomic E-state index is 0.0161. The fourth-order valence-electron chi connectivity index (χ4n) is 1.36. The van der Waals surface area contributed by atoms with Crippen molar-refractivity contribution in [3.05, 3.63) is 28.8 Å². The zero-order chi connectivity index (χ0) is 12.0. The summed E-state index contributed by atoms with van der Waals surface area (Å²) in [5, 5.41) is 0.597. The fourth-order valence-corrected chi connectivity index (χ4v) is 1.56. The molecule has 0 aliphatic rings. The Morgan fingerprint density at radius 2 is 2.19 bits per heavy atom. The first-order valence-corrected chi connectivity index (χ1v) is 5.47. The van der Waals surface area contributed by atoms with Crippen molar-refractivity contribution in [1.82, 2.24) is 0 Å². The van der Waals surface area contributed by atoms with Gasteiger partial charge in [-0.2, -0.15) is 0 Å². The summed E-state index contributed by atoms with van der Waals surface area (Å²) in [7, 11) is 1.57. The second kappa shape index (κ2) is 6.51. The maximum absolute atomic E-state index is 11.5. The summed E-state index contributed by atoms with van der Waals surface area (Å²) in [6.07, 6.45) is 0.281. The molecule has 0 spiro atoms. The van der Waals surface area contributed by atoms with E-state index in [1.165, 1.54) is 0 Å². The van der Waals surface area contributed by atoms with E-state index in [4.69, 9.17) is 21.1 Å². The summed E-state index contributed by atoms with van der Waals surface area (Å²) >= 11 is 5.86. The third-order valence-electron chi connectivity index (χ3n) is 2.10. The molecule has 4 heteroatoms. The number of ether oxygens (including phenoxy) is 2. The van der Waals surface area contributed by atoms with E-state index in [1.807, 2.05) is 6.92 Å². The van der Waals surface area contributed by atoms with Gasteiger partial charge in [0.1, 0.15) is 12.4 Å². The number of benzene rings is 1. The Labute approximate surface area is 100 Å². The van der Waals surface area contributed by atoms with Crippen molar-refractivity contribution in [2.45, 2.75) is 13.3 Å². The highest BCUT2D eigenvalue weighted by Gasteiger charge is 2.09. The molecule has 0 heterocycles. The van der Waals surface area contributed by atoms with Gasteiger partial charge in [-0.3, -0.25) is 4.79 Å². The molecular formula is C12H15ClO3. The molecule has 1 rings (SSSR count). The number of rotatable bonds is 6. The highest BCUT2D eigenvalue weighted by Crippen LogP contribution is 2.23. The van der Waals surface area contributed by atoms with E-state index in [9.17, 15) is 4.79 Å². The van der Waals surface area contributed by atoms with Gasteiger partial charge in [0, 0.05) is 23.6 Å². The van der Waals surface area contributed by atoms with Crippen LogP contribution in [0.5, 0.6) is 5.75 Å². The molecular weight excluding hydrogens is 228 g/mol. The van der Waals surface area contributed by atoms with Crippen LogP contribution in [0.3, 0.4) is 0 Å². The topological polar surface area (TPSA) is 35.5 Å². The Bertz CT molecular complexity index is 363. The van der Waals surface area contributed by atoms with Crippen molar-refractivity contribution in [3.8, 4) is 5.75 Å². The molecule has 16 heavy (non-hydrogen) atoms. The molecule has 1 aromatic carbocycles. The maximum atomic E-state index is 11.5. The second-order valence-corrected chi connectivity index (χ2v) is 3.75. The Morgan fingerprint density at radius 3 is 2.81 bits per heavy atom. The average molecular weight is 243 g/mol. The molecule has 0 radical (unpaired) electrons. The van der Waals surface area contributed by atoms with E-state index in [1.54, 1.807) is 25.3 Å². The van der Waals surface area contributed by atoms with E-state index in [0.717, 1.165) is 5.56 Å². The normalized spacial score (nSPS) is 10.2. The van der Waals surface area contributed by atoms with Crippen molar-refractivity contribution >= 4 is 17.4 Å². The van der Waals surface area contributed by atoms with Crippen LogP contribution in [0.1, 0.15) is 12.5 Å². The number of ketones is 1. The Balaban J connectivity index is 2.71. The van der Waals surface area contributed by atoms with Crippen molar-refractivity contribution in [2.24, 2.45) is 0 Å². The van der Waals surface area contributed by atoms with Crippen LogP contribution in [0.25, 0.3) is 0 Å². The summed E-state index contributed by atoms with van der Waals surface area (Å²) < 4.78 is 10.2. The van der Waals surface area contributed by atoms with Crippen LogP contribution in [0.4, 0.5) is 0 Å². The first kappa shape index (κ1) is 13.0. The summed E-state index contributed by atoms with van der Waals surface area (Å²) in [5.74, 6) is 0.691. The van der Waals surface area contributed by atoms with Crippen molar-refractivity contribution in [1.29, 1.82) is 0 Å². The highest BCUT2D eigenvalue weighted by atomic mass is 35.5. The minimum atomic E-state index is 0.0161. The van der Waals surface area contributed by atoms with Gasteiger partial charge in [-0.1, -0.05) is 11.6 Å². The predicted octanol–water partition coefficient (Wildman–Crippen LogP) is 2.50. The molecule has 88 valence electrons. The van der Waals surface area contributed by atoms with Gasteiger partial charge in [0.05, 0.1) is 7.11 Å². The Hall–Kier alpha value is -1.06. The summed E-state index contributed by atoms with van der Waals surface area (Å²) in [6.45, 7) is 2.53. The van der Waals surface area contributed by atoms with Gasteiger partial charge in [-0.25, -0.2) is 0 Å². The van der Waals surface area contributed by atoms with Gasteiger partial charge in [-0.15, -0.1) is 0 Å². The first-order chi connectivity index (χ1) is 7.67. The van der Waals surface area contributed by atoms with Gasteiger partial charge >= 0.3 is 0 Å². The van der Waals surface area contributed by atoms with Gasteiger partial charge in [-0.05, 0) is 25.1 Å².